The van der Waals surface area contributed by atoms with Gasteiger partial charge in [-0.3, -0.25) is 0 Å². The van der Waals surface area contributed by atoms with E-state index in [1.165, 1.54) is 18.6 Å². The van der Waals surface area contributed by atoms with Crippen molar-refractivity contribution >= 4 is 0 Å². The van der Waals surface area contributed by atoms with Gasteiger partial charge in [0.05, 0.1) is 5.60 Å². The summed E-state index contributed by atoms with van der Waals surface area (Å²) < 4.78 is 26.2. The molecule has 1 nitrogen and oxygen atoms in total. The Hall–Kier alpha value is -0.960. The normalized spacial score (nSPS) is 36.2. The summed E-state index contributed by atoms with van der Waals surface area (Å²) in [4.78, 5) is 0. The molecule has 2 atom stereocenters. The Labute approximate surface area is 93.1 Å². The fourth-order valence-corrected chi connectivity index (χ4v) is 3.28. The summed E-state index contributed by atoms with van der Waals surface area (Å²) in [7, 11) is 0. The maximum atomic E-state index is 13.4. The van der Waals surface area contributed by atoms with Crippen LogP contribution in [0.1, 0.15) is 24.8 Å². The van der Waals surface area contributed by atoms with Crippen molar-refractivity contribution in [3.05, 3.63) is 35.4 Å². The summed E-state index contributed by atoms with van der Waals surface area (Å²) in [5.74, 6) is -0.420. The molecule has 0 heterocycles. The lowest BCUT2D eigenvalue weighted by atomic mass is 9.99. The molecule has 3 rings (SSSR count). The quantitative estimate of drug-likeness (QED) is 0.818. The van der Waals surface area contributed by atoms with Crippen LogP contribution in [0.2, 0.25) is 0 Å². The van der Waals surface area contributed by atoms with Gasteiger partial charge in [-0.25, -0.2) is 8.78 Å². The molecular formula is C13H14F2O. The largest absolute Gasteiger partial charge is 0.389 e. The molecule has 0 aliphatic heterocycles. The van der Waals surface area contributed by atoms with Crippen LogP contribution in [0.25, 0.3) is 0 Å². The van der Waals surface area contributed by atoms with Gasteiger partial charge in [-0.15, -0.1) is 0 Å². The first-order valence-electron chi connectivity index (χ1n) is 5.77. The topological polar surface area (TPSA) is 20.2 Å². The highest BCUT2D eigenvalue weighted by atomic mass is 19.1. The molecule has 0 amide bonds. The van der Waals surface area contributed by atoms with Crippen molar-refractivity contribution in [3.8, 4) is 0 Å². The van der Waals surface area contributed by atoms with E-state index in [9.17, 15) is 13.9 Å². The number of halogens is 2. The lowest BCUT2D eigenvalue weighted by Gasteiger charge is -2.14. The van der Waals surface area contributed by atoms with Crippen LogP contribution in [0.3, 0.4) is 0 Å². The Morgan fingerprint density at radius 2 is 1.94 bits per heavy atom. The zero-order valence-electron chi connectivity index (χ0n) is 8.92. The highest BCUT2D eigenvalue weighted by Crippen LogP contribution is 2.61. The Balaban J connectivity index is 1.80. The molecule has 2 saturated carbocycles. The summed E-state index contributed by atoms with van der Waals surface area (Å²) >= 11 is 0. The summed E-state index contributed by atoms with van der Waals surface area (Å²) in [5.41, 5.74) is -0.282. The smallest absolute Gasteiger partial charge is 0.129 e. The second kappa shape index (κ2) is 3.27. The first kappa shape index (κ1) is 10.2. The molecule has 2 aliphatic carbocycles. The third kappa shape index (κ3) is 1.38. The van der Waals surface area contributed by atoms with Gasteiger partial charge in [0, 0.05) is 12.5 Å². The van der Waals surface area contributed by atoms with Crippen LogP contribution in [-0.2, 0) is 6.42 Å². The third-order valence-electron chi connectivity index (χ3n) is 4.18. The lowest BCUT2D eigenvalue weighted by Crippen LogP contribution is -2.19. The molecule has 1 N–H and O–H groups in total. The van der Waals surface area contributed by atoms with Crippen LogP contribution in [0.4, 0.5) is 8.78 Å². The number of hydrogen-bond acceptors (Lipinski definition) is 1. The van der Waals surface area contributed by atoms with Gasteiger partial charge in [0.2, 0.25) is 0 Å². The van der Waals surface area contributed by atoms with E-state index in [0.29, 0.717) is 23.8 Å². The average Bonchev–Trinajstić information content (AvgIpc) is 2.67. The van der Waals surface area contributed by atoms with Gasteiger partial charge >= 0.3 is 0 Å². The van der Waals surface area contributed by atoms with Crippen LogP contribution in [0.15, 0.2) is 18.2 Å². The molecule has 1 aromatic rings. The van der Waals surface area contributed by atoms with Crippen molar-refractivity contribution in [1.29, 1.82) is 0 Å². The van der Waals surface area contributed by atoms with Crippen molar-refractivity contribution in [2.75, 3.05) is 0 Å². The summed E-state index contributed by atoms with van der Waals surface area (Å²) in [6.45, 7) is 0. The summed E-state index contributed by atoms with van der Waals surface area (Å²) in [6, 6.07) is 3.58. The molecule has 0 bridgehead atoms. The Morgan fingerprint density at radius 3 is 2.56 bits per heavy atom. The highest BCUT2D eigenvalue weighted by Gasteiger charge is 2.64. The van der Waals surface area contributed by atoms with E-state index in [-0.39, 0.29) is 0 Å². The van der Waals surface area contributed by atoms with Crippen molar-refractivity contribution in [2.24, 2.45) is 11.8 Å². The molecule has 1 aromatic carbocycles. The van der Waals surface area contributed by atoms with Crippen molar-refractivity contribution < 1.29 is 13.9 Å². The Morgan fingerprint density at radius 1 is 1.25 bits per heavy atom. The standard InChI is InChI=1S/C13H14F2O/c14-9-5-4-8(12(15)6-9)7-13(16)10-2-1-3-11(10)13/h4-6,10-11,16H,1-3,7H2. The fourth-order valence-electron chi connectivity index (χ4n) is 3.28. The first-order valence-corrected chi connectivity index (χ1v) is 5.77. The second-order valence-electron chi connectivity index (χ2n) is 5.05. The molecule has 0 spiro atoms. The van der Waals surface area contributed by atoms with Crippen molar-refractivity contribution in [1.82, 2.24) is 0 Å². The molecule has 2 fully saturated rings. The minimum Gasteiger partial charge on any atom is -0.389 e. The van der Waals surface area contributed by atoms with Gasteiger partial charge in [-0.05, 0) is 36.3 Å². The second-order valence-corrected chi connectivity index (χ2v) is 5.05. The van der Waals surface area contributed by atoms with Crippen LogP contribution in [0.5, 0.6) is 0 Å². The van der Waals surface area contributed by atoms with Crippen molar-refractivity contribution in [3.63, 3.8) is 0 Å². The predicted molar refractivity (Wildman–Crippen MR) is 55.8 cm³/mol. The van der Waals surface area contributed by atoms with E-state index in [2.05, 4.69) is 0 Å². The Kier molecular flexibility index (Phi) is 2.08. The zero-order valence-corrected chi connectivity index (χ0v) is 8.92. The maximum Gasteiger partial charge on any atom is 0.129 e. The predicted octanol–water partition coefficient (Wildman–Crippen LogP) is 2.67. The molecule has 2 aliphatic rings. The SMILES string of the molecule is OC1(Cc2ccc(F)cc2F)C2CCCC21. The maximum absolute atomic E-state index is 13.4. The molecular weight excluding hydrogens is 210 g/mol. The van der Waals surface area contributed by atoms with E-state index in [0.717, 1.165) is 18.9 Å². The number of benzene rings is 1. The van der Waals surface area contributed by atoms with Crippen LogP contribution in [-0.4, -0.2) is 10.7 Å². The molecule has 2 unspecified atom stereocenters. The van der Waals surface area contributed by atoms with E-state index < -0.39 is 17.2 Å². The van der Waals surface area contributed by atoms with E-state index in [4.69, 9.17) is 0 Å². The van der Waals surface area contributed by atoms with Crippen molar-refractivity contribution in [2.45, 2.75) is 31.3 Å². The molecule has 0 aromatic heterocycles. The fraction of sp³-hybridized carbons (Fsp3) is 0.538. The van der Waals surface area contributed by atoms with Gasteiger partial charge in [0.25, 0.3) is 0 Å². The molecule has 86 valence electrons. The number of fused-ring (bicyclic) bond motifs is 1. The minimum atomic E-state index is -0.711. The van der Waals surface area contributed by atoms with Gasteiger partial charge < -0.3 is 5.11 Å². The molecule has 16 heavy (non-hydrogen) atoms. The molecule has 0 radical (unpaired) electrons. The van der Waals surface area contributed by atoms with E-state index in [1.807, 2.05) is 0 Å². The minimum absolute atomic E-state index is 0.328. The van der Waals surface area contributed by atoms with Gasteiger partial charge in [0.15, 0.2) is 0 Å². The van der Waals surface area contributed by atoms with Gasteiger partial charge in [-0.2, -0.15) is 0 Å². The van der Waals surface area contributed by atoms with E-state index in [1.54, 1.807) is 0 Å². The summed E-state index contributed by atoms with van der Waals surface area (Å²) in [6.07, 6.45) is 3.59. The monoisotopic (exact) mass is 224 g/mol. The number of rotatable bonds is 2. The molecule has 0 saturated heterocycles. The molecule has 3 heteroatoms. The highest BCUT2D eigenvalue weighted by molar-refractivity contribution is 5.26. The number of hydrogen-bond donors (Lipinski definition) is 1. The van der Waals surface area contributed by atoms with E-state index >= 15 is 0 Å². The third-order valence-corrected chi connectivity index (χ3v) is 4.18. The summed E-state index contributed by atoms with van der Waals surface area (Å²) in [5, 5.41) is 10.3. The lowest BCUT2D eigenvalue weighted by molar-refractivity contribution is 0.105. The Bertz CT molecular complexity index is 420. The van der Waals surface area contributed by atoms with Gasteiger partial charge in [0.1, 0.15) is 11.6 Å². The van der Waals surface area contributed by atoms with Crippen LogP contribution < -0.4 is 0 Å². The average molecular weight is 224 g/mol. The number of aliphatic hydroxyl groups is 1. The van der Waals surface area contributed by atoms with Gasteiger partial charge in [-0.1, -0.05) is 12.5 Å². The van der Waals surface area contributed by atoms with Crippen LogP contribution in [0, 0.1) is 23.5 Å². The first-order chi connectivity index (χ1) is 7.61. The van der Waals surface area contributed by atoms with Crippen LogP contribution >= 0.6 is 0 Å². The zero-order chi connectivity index (χ0) is 11.3.